The number of carbonyl (C=O) groups is 3. The van der Waals surface area contributed by atoms with Gasteiger partial charge in [0.1, 0.15) is 18.0 Å². The van der Waals surface area contributed by atoms with Crippen LogP contribution in [0.5, 0.6) is 17.2 Å². The van der Waals surface area contributed by atoms with Crippen molar-refractivity contribution in [1.29, 1.82) is 0 Å². The highest BCUT2D eigenvalue weighted by atomic mass is 127. The zero-order chi connectivity index (χ0) is 24.0. The van der Waals surface area contributed by atoms with E-state index in [1.165, 1.54) is 7.11 Å². The van der Waals surface area contributed by atoms with E-state index >= 15 is 0 Å². The molecule has 1 saturated heterocycles. The lowest BCUT2D eigenvalue weighted by Gasteiger charge is -2.14. The van der Waals surface area contributed by atoms with Gasteiger partial charge in [0, 0.05) is 0 Å². The van der Waals surface area contributed by atoms with Crippen molar-refractivity contribution in [2.75, 3.05) is 32.2 Å². The molecular weight excluding hydrogens is 541 g/mol. The van der Waals surface area contributed by atoms with Crippen LogP contribution in [0.25, 0.3) is 6.08 Å². The van der Waals surface area contributed by atoms with Crippen LogP contribution >= 0.6 is 22.6 Å². The number of rotatable bonds is 9. The highest BCUT2D eigenvalue weighted by Crippen LogP contribution is 2.35. The molecule has 174 valence electrons. The van der Waals surface area contributed by atoms with Gasteiger partial charge in [0.25, 0.3) is 5.91 Å². The molecule has 1 aliphatic heterocycles. The first-order valence-electron chi connectivity index (χ1n) is 10.2. The number of halogens is 1. The lowest BCUT2D eigenvalue weighted by Crippen LogP contribution is -2.38. The van der Waals surface area contributed by atoms with Crippen LogP contribution in [0.1, 0.15) is 19.4 Å². The number of urea groups is 1. The van der Waals surface area contributed by atoms with E-state index in [9.17, 15) is 14.4 Å². The second-order valence-corrected chi connectivity index (χ2v) is 7.99. The Labute approximate surface area is 205 Å². The molecule has 0 spiro atoms. The van der Waals surface area contributed by atoms with Crippen LogP contribution in [0.3, 0.4) is 0 Å². The second-order valence-electron chi connectivity index (χ2n) is 6.82. The average Bonchev–Trinajstić information content (AvgIpc) is 3.04. The highest BCUT2D eigenvalue weighted by molar-refractivity contribution is 14.1. The molecule has 9 nitrogen and oxygen atoms in total. The zero-order valence-corrected chi connectivity index (χ0v) is 20.6. The molecule has 2 N–H and O–H groups in total. The first-order chi connectivity index (χ1) is 15.9. The molecule has 33 heavy (non-hydrogen) atoms. The maximum absolute atomic E-state index is 12.8. The highest BCUT2D eigenvalue weighted by Gasteiger charge is 2.35. The topological polar surface area (TPSA) is 106 Å². The van der Waals surface area contributed by atoms with Crippen LogP contribution in [0.4, 0.5) is 10.5 Å². The van der Waals surface area contributed by atoms with Gasteiger partial charge in [0.2, 0.25) is 5.91 Å². The van der Waals surface area contributed by atoms with Crippen LogP contribution in [-0.4, -0.2) is 49.6 Å². The fourth-order valence-corrected chi connectivity index (χ4v) is 3.96. The van der Waals surface area contributed by atoms with Crippen molar-refractivity contribution in [3.05, 3.63) is 51.2 Å². The SMILES string of the molecule is CCOc1cc(/C=C2/NC(=O)N(CC(=O)Nc3ccccc3OC)C2=O)cc(I)c1OCC. The number of anilines is 1. The molecule has 10 heteroatoms. The Morgan fingerprint density at radius 3 is 2.55 bits per heavy atom. The number of hydrogen-bond acceptors (Lipinski definition) is 6. The second kappa shape index (κ2) is 11.0. The molecule has 0 aliphatic carbocycles. The molecule has 0 bridgehead atoms. The third-order valence-corrected chi connectivity index (χ3v) is 5.38. The summed E-state index contributed by atoms with van der Waals surface area (Å²) in [5, 5.41) is 5.18. The van der Waals surface area contributed by atoms with Gasteiger partial charge >= 0.3 is 6.03 Å². The standard InChI is InChI=1S/C23H24IN3O6/c1-4-32-19-12-14(10-15(24)21(19)33-5-2)11-17-22(29)27(23(30)26-17)13-20(28)25-16-8-6-7-9-18(16)31-3/h6-12H,4-5,13H2,1-3H3,(H,25,28)(H,26,30)/b17-11+. The van der Waals surface area contributed by atoms with E-state index in [0.717, 1.165) is 8.47 Å². The van der Waals surface area contributed by atoms with Crippen LogP contribution in [-0.2, 0) is 9.59 Å². The van der Waals surface area contributed by atoms with Gasteiger partial charge in [0.05, 0.1) is 29.6 Å². The van der Waals surface area contributed by atoms with E-state index in [-0.39, 0.29) is 5.70 Å². The molecule has 0 unspecified atom stereocenters. The lowest BCUT2D eigenvalue weighted by atomic mass is 10.1. The third kappa shape index (κ3) is 5.75. The number of methoxy groups -OCH3 is 1. The summed E-state index contributed by atoms with van der Waals surface area (Å²) < 4.78 is 17.3. The number of carbonyl (C=O) groups excluding carboxylic acids is 3. The molecule has 0 aromatic heterocycles. The number of ether oxygens (including phenoxy) is 3. The number of nitrogens with one attached hydrogen (secondary N) is 2. The fraction of sp³-hybridized carbons (Fsp3) is 0.261. The summed E-state index contributed by atoms with van der Waals surface area (Å²) in [6.07, 6.45) is 1.54. The zero-order valence-electron chi connectivity index (χ0n) is 18.4. The first-order valence-corrected chi connectivity index (χ1v) is 11.3. The molecule has 2 aromatic carbocycles. The minimum Gasteiger partial charge on any atom is -0.495 e. The van der Waals surface area contributed by atoms with E-state index in [1.54, 1.807) is 36.4 Å². The Kier molecular flexibility index (Phi) is 8.15. The van der Waals surface area contributed by atoms with Crippen molar-refractivity contribution in [3.63, 3.8) is 0 Å². The Morgan fingerprint density at radius 2 is 1.85 bits per heavy atom. The van der Waals surface area contributed by atoms with E-state index in [0.29, 0.717) is 41.7 Å². The molecule has 1 fully saturated rings. The molecule has 4 amide bonds. The van der Waals surface area contributed by atoms with E-state index in [1.807, 2.05) is 19.9 Å². The summed E-state index contributed by atoms with van der Waals surface area (Å²) in [6.45, 7) is 4.23. The van der Waals surface area contributed by atoms with Crippen LogP contribution in [0.15, 0.2) is 42.1 Å². The van der Waals surface area contributed by atoms with Crippen LogP contribution < -0.4 is 24.8 Å². The minimum atomic E-state index is -0.674. The average molecular weight is 565 g/mol. The number of benzene rings is 2. The summed E-state index contributed by atoms with van der Waals surface area (Å²) in [5.41, 5.74) is 1.16. The van der Waals surface area contributed by atoms with Crippen molar-refractivity contribution in [3.8, 4) is 17.2 Å². The predicted octanol–water partition coefficient (Wildman–Crippen LogP) is 3.63. The number of amides is 4. The number of para-hydroxylation sites is 2. The molecular formula is C23H24IN3O6. The molecule has 2 aromatic rings. The number of imide groups is 1. The van der Waals surface area contributed by atoms with Gasteiger partial charge in [-0.25, -0.2) is 9.69 Å². The molecule has 1 aliphatic rings. The van der Waals surface area contributed by atoms with Crippen LogP contribution in [0, 0.1) is 3.57 Å². The van der Waals surface area contributed by atoms with Crippen molar-refractivity contribution < 1.29 is 28.6 Å². The van der Waals surface area contributed by atoms with Gasteiger partial charge in [-0.15, -0.1) is 0 Å². The smallest absolute Gasteiger partial charge is 0.329 e. The number of hydrogen-bond donors (Lipinski definition) is 2. The molecule has 1 heterocycles. The monoisotopic (exact) mass is 565 g/mol. The normalized spacial score (nSPS) is 14.3. The van der Waals surface area contributed by atoms with Crippen molar-refractivity contribution in [2.45, 2.75) is 13.8 Å². The molecule has 0 saturated carbocycles. The lowest BCUT2D eigenvalue weighted by molar-refractivity contribution is -0.127. The maximum Gasteiger partial charge on any atom is 0.329 e. The Bertz CT molecular complexity index is 1100. The van der Waals surface area contributed by atoms with Crippen molar-refractivity contribution >= 4 is 52.2 Å². The Morgan fingerprint density at radius 1 is 1.12 bits per heavy atom. The fourth-order valence-electron chi connectivity index (χ4n) is 3.18. The Balaban J connectivity index is 1.77. The maximum atomic E-state index is 12.8. The van der Waals surface area contributed by atoms with Gasteiger partial charge in [0.15, 0.2) is 11.5 Å². The summed E-state index contributed by atoms with van der Waals surface area (Å²) in [7, 11) is 1.48. The van der Waals surface area contributed by atoms with E-state index in [4.69, 9.17) is 14.2 Å². The first kappa shape index (κ1) is 24.4. The largest absolute Gasteiger partial charge is 0.495 e. The van der Waals surface area contributed by atoms with Gasteiger partial charge in [-0.2, -0.15) is 0 Å². The summed E-state index contributed by atoms with van der Waals surface area (Å²) in [6, 6.07) is 9.74. The molecule has 3 rings (SSSR count). The van der Waals surface area contributed by atoms with Crippen LogP contribution in [0.2, 0.25) is 0 Å². The van der Waals surface area contributed by atoms with Gasteiger partial charge < -0.3 is 24.8 Å². The quantitative estimate of drug-likeness (QED) is 0.274. The van der Waals surface area contributed by atoms with Gasteiger partial charge in [-0.05, 0) is 72.3 Å². The van der Waals surface area contributed by atoms with Gasteiger partial charge in [-0.3, -0.25) is 9.59 Å². The van der Waals surface area contributed by atoms with E-state index in [2.05, 4.69) is 33.2 Å². The summed E-state index contributed by atoms with van der Waals surface area (Å²) in [5.74, 6) is 0.510. The molecule has 0 atom stereocenters. The Hall–Kier alpha value is -3.28. The third-order valence-electron chi connectivity index (χ3n) is 4.58. The minimum absolute atomic E-state index is 0.0625. The summed E-state index contributed by atoms with van der Waals surface area (Å²) >= 11 is 2.13. The van der Waals surface area contributed by atoms with Crippen molar-refractivity contribution in [2.24, 2.45) is 0 Å². The van der Waals surface area contributed by atoms with E-state index < -0.39 is 24.4 Å². The predicted molar refractivity (Wildman–Crippen MR) is 131 cm³/mol. The summed E-state index contributed by atoms with van der Waals surface area (Å²) in [4.78, 5) is 38.5. The molecule has 0 radical (unpaired) electrons. The van der Waals surface area contributed by atoms with Gasteiger partial charge in [-0.1, -0.05) is 12.1 Å². The number of nitrogens with zero attached hydrogens (tertiary/aromatic N) is 1. The van der Waals surface area contributed by atoms with Crippen molar-refractivity contribution in [1.82, 2.24) is 10.2 Å².